The van der Waals surface area contributed by atoms with Gasteiger partial charge in [-0.2, -0.15) is 0 Å². The zero-order valence-electron chi connectivity index (χ0n) is 13.7. The van der Waals surface area contributed by atoms with Crippen LogP contribution in [0, 0.1) is 0 Å². The summed E-state index contributed by atoms with van der Waals surface area (Å²) < 4.78 is 5.26. The second-order valence-corrected chi connectivity index (χ2v) is 5.80. The van der Waals surface area contributed by atoms with Crippen LogP contribution in [0.2, 0.25) is 10.2 Å². The molecule has 0 spiro atoms. The van der Waals surface area contributed by atoms with Crippen LogP contribution in [-0.2, 0) is 9.53 Å². The van der Waals surface area contributed by atoms with Crippen LogP contribution in [-0.4, -0.2) is 29.4 Å². The number of benzene rings is 1. The van der Waals surface area contributed by atoms with Gasteiger partial charge in [0.05, 0.1) is 5.02 Å². The van der Waals surface area contributed by atoms with Gasteiger partial charge in [-0.25, -0.2) is 14.6 Å². The quantitative estimate of drug-likeness (QED) is 0.598. The predicted molar refractivity (Wildman–Crippen MR) is 96.1 cm³/mol. The first-order valence-corrected chi connectivity index (χ1v) is 8.34. The Bertz CT molecular complexity index is 815. The van der Waals surface area contributed by atoms with E-state index in [4.69, 9.17) is 27.9 Å². The van der Waals surface area contributed by atoms with Crippen molar-refractivity contribution >= 4 is 41.1 Å². The fourth-order valence-corrected chi connectivity index (χ4v) is 2.34. The number of esters is 1. The van der Waals surface area contributed by atoms with Gasteiger partial charge >= 0.3 is 12.0 Å². The minimum atomic E-state index is -1.37. The van der Waals surface area contributed by atoms with Crippen LogP contribution in [0.4, 0.5) is 4.79 Å². The number of imide groups is 1. The summed E-state index contributed by atoms with van der Waals surface area (Å²) in [5, 5.41) is 4.61. The van der Waals surface area contributed by atoms with Gasteiger partial charge < -0.3 is 10.1 Å². The molecule has 0 unspecified atom stereocenters. The highest BCUT2D eigenvalue weighted by molar-refractivity contribution is 6.34. The summed E-state index contributed by atoms with van der Waals surface area (Å²) in [4.78, 5) is 40.3. The third-order valence-electron chi connectivity index (χ3n) is 3.14. The van der Waals surface area contributed by atoms with Crippen molar-refractivity contribution in [1.29, 1.82) is 0 Å². The minimum Gasteiger partial charge on any atom is -0.442 e. The molecule has 3 amide bonds. The van der Waals surface area contributed by atoms with E-state index in [0.717, 1.165) is 0 Å². The Labute approximate surface area is 159 Å². The first-order valence-electron chi connectivity index (χ1n) is 7.59. The number of hydrogen-bond acceptors (Lipinski definition) is 5. The van der Waals surface area contributed by atoms with Crippen molar-refractivity contribution in [2.24, 2.45) is 0 Å². The highest BCUT2D eigenvalue weighted by atomic mass is 35.5. The third kappa shape index (κ3) is 5.18. The van der Waals surface area contributed by atoms with Crippen molar-refractivity contribution < 1.29 is 19.1 Å². The number of halogens is 2. The van der Waals surface area contributed by atoms with E-state index in [1.165, 1.54) is 12.1 Å². The Hall–Kier alpha value is -2.64. The van der Waals surface area contributed by atoms with Crippen LogP contribution in [0.15, 0.2) is 42.5 Å². The van der Waals surface area contributed by atoms with Crippen LogP contribution in [0.3, 0.4) is 0 Å². The Morgan fingerprint density at radius 1 is 1.12 bits per heavy atom. The van der Waals surface area contributed by atoms with Gasteiger partial charge in [-0.3, -0.25) is 10.1 Å². The lowest BCUT2D eigenvalue weighted by Crippen LogP contribution is -2.42. The number of carbonyl (C=O) groups is 3. The average Bonchev–Trinajstić information content (AvgIpc) is 2.62. The maximum Gasteiger partial charge on any atom is 0.359 e. The molecule has 1 heterocycles. The Morgan fingerprint density at radius 3 is 2.46 bits per heavy atom. The van der Waals surface area contributed by atoms with Crippen LogP contribution < -0.4 is 10.6 Å². The van der Waals surface area contributed by atoms with Crippen molar-refractivity contribution in [1.82, 2.24) is 15.6 Å². The number of aromatic nitrogens is 1. The molecule has 0 saturated heterocycles. The van der Waals surface area contributed by atoms with Crippen LogP contribution in [0.5, 0.6) is 0 Å². The van der Waals surface area contributed by atoms with E-state index < -0.39 is 24.0 Å². The smallest absolute Gasteiger partial charge is 0.359 e. The second-order valence-electron chi connectivity index (χ2n) is 5.01. The van der Waals surface area contributed by atoms with Gasteiger partial charge in [0, 0.05) is 12.1 Å². The van der Waals surface area contributed by atoms with Crippen molar-refractivity contribution in [3.05, 3.63) is 63.9 Å². The van der Waals surface area contributed by atoms with Gasteiger partial charge in [0.2, 0.25) is 6.10 Å². The van der Waals surface area contributed by atoms with E-state index in [1.807, 2.05) is 0 Å². The van der Waals surface area contributed by atoms with Gasteiger partial charge in [-0.1, -0.05) is 53.5 Å². The molecule has 1 atom stereocenters. The number of pyridine rings is 1. The molecule has 1 aromatic carbocycles. The molecule has 2 N–H and O–H groups in total. The zero-order chi connectivity index (χ0) is 19.1. The summed E-state index contributed by atoms with van der Waals surface area (Å²) in [5.41, 5.74) is 0.145. The number of nitrogens with zero attached hydrogens (tertiary/aromatic N) is 1. The fraction of sp³-hybridized carbons (Fsp3) is 0.176. The number of urea groups is 1. The van der Waals surface area contributed by atoms with Crippen LogP contribution in [0.25, 0.3) is 0 Å². The average molecular weight is 396 g/mol. The van der Waals surface area contributed by atoms with E-state index in [1.54, 1.807) is 37.3 Å². The maximum atomic E-state index is 12.4. The molecule has 1 aromatic heterocycles. The number of amides is 3. The second kappa shape index (κ2) is 9.17. The molecule has 0 aliphatic heterocycles. The van der Waals surface area contributed by atoms with E-state index in [2.05, 4.69) is 15.6 Å². The van der Waals surface area contributed by atoms with Crippen LogP contribution >= 0.6 is 23.2 Å². The lowest BCUT2D eigenvalue weighted by Gasteiger charge is -2.17. The largest absolute Gasteiger partial charge is 0.442 e. The van der Waals surface area contributed by atoms with Crippen molar-refractivity contribution in [2.45, 2.75) is 13.0 Å². The van der Waals surface area contributed by atoms with Gasteiger partial charge in [-0.05, 0) is 19.1 Å². The normalized spacial score (nSPS) is 11.3. The van der Waals surface area contributed by atoms with Crippen molar-refractivity contribution in [2.75, 3.05) is 6.54 Å². The van der Waals surface area contributed by atoms with Crippen molar-refractivity contribution in [3.8, 4) is 0 Å². The highest BCUT2D eigenvalue weighted by Crippen LogP contribution is 2.23. The molecule has 2 aromatic rings. The number of ether oxygens (including phenoxy) is 1. The number of rotatable bonds is 5. The molecule has 0 fully saturated rings. The molecule has 26 heavy (non-hydrogen) atoms. The molecular weight excluding hydrogens is 381 g/mol. The molecule has 7 nitrogen and oxygen atoms in total. The van der Waals surface area contributed by atoms with Gasteiger partial charge in [0.1, 0.15) is 5.15 Å². The minimum absolute atomic E-state index is 0.0235. The molecule has 0 bridgehead atoms. The van der Waals surface area contributed by atoms with Crippen molar-refractivity contribution in [3.63, 3.8) is 0 Å². The Balaban J connectivity index is 2.27. The monoisotopic (exact) mass is 395 g/mol. The third-order valence-corrected chi connectivity index (χ3v) is 3.66. The summed E-state index contributed by atoms with van der Waals surface area (Å²) >= 11 is 11.7. The summed E-state index contributed by atoms with van der Waals surface area (Å²) in [6.07, 6.45) is -1.37. The Morgan fingerprint density at radius 2 is 1.81 bits per heavy atom. The van der Waals surface area contributed by atoms with Gasteiger partial charge in [0.15, 0.2) is 5.69 Å². The molecule has 0 aliphatic rings. The molecule has 2 rings (SSSR count). The summed E-state index contributed by atoms with van der Waals surface area (Å²) in [6.45, 7) is 2.03. The summed E-state index contributed by atoms with van der Waals surface area (Å²) in [6, 6.07) is 10.3. The fourth-order valence-electron chi connectivity index (χ4n) is 2.01. The zero-order valence-corrected chi connectivity index (χ0v) is 15.2. The topological polar surface area (TPSA) is 97.4 Å². The summed E-state index contributed by atoms with van der Waals surface area (Å²) in [5.74, 6) is -1.76. The molecule has 136 valence electrons. The molecule has 0 saturated carbocycles. The molecular formula is C17H15Cl2N3O4. The van der Waals surface area contributed by atoms with Crippen LogP contribution in [0.1, 0.15) is 29.1 Å². The van der Waals surface area contributed by atoms with E-state index in [-0.39, 0.29) is 15.9 Å². The maximum absolute atomic E-state index is 12.4. The van der Waals surface area contributed by atoms with E-state index >= 15 is 0 Å². The van der Waals surface area contributed by atoms with E-state index in [9.17, 15) is 14.4 Å². The molecule has 0 radical (unpaired) electrons. The van der Waals surface area contributed by atoms with Gasteiger partial charge in [0.25, 0.3) is 5.91 Å². The molecule has 0 aliphatic carbocycles. The molecule has 9 heteroatoms. The first-order chi connectivity index (χ1) is 12.4. The Kier molecular flexibility index (Phi) is 6.94. The number of carbonyl (C=O) groups excluding carboxylic acids is 3. The predicted octanol–water partition coefficient (Wildman–Crippen LogP) is 3.13. The standard InChI is InChI=1S/C17H15Cl2N3O4/c1-2-20-17(25)22-15(23)14(10-6-4-3-5-7-10)26-16(24)13-11(18)8-9-12(19)21-13/h3-9,14H,2H2,1H3,(H2,20,22,23,25)/t14-/m0/s1. The highest BCUT2D eigenvalue weighted by Gasteiger charge is 2.28. The SMILES string of the molecule is CCNC(=O)NC(=O)[C@@H](OC(=O)c1nc(Cl)ccc1Cl)c1ccccc1. The number of hydrogen-bond donors (Lipinski definition) is 2. The first kappa shape index (κ1) is 19.7. The lowest BCUT2D eigenvalue weighted by atomic mass is 10.1. The summed E-state index contributed by atoms with van der Waals surface area (Å²) in [7, 11) is 0. The lowest BCUT2D eigenvalue weighted by molar-refractivity contribution is -0.129. The van der Waals surface area contributed by atoms with Gasteiger partial charge in [-0.15, -0.1) is 0 Å². The van der Waals surface area contributed by atoms with E-state index in [0.29, 0.717) is 12.1 Å². The number of nitrogens with one attached hydrogen (secondary N) is 2.